The number of rotatable bonds is 14. The van der Waals surface area contributed by atoms with Gasteiger partial charge in [-0.05, 0) is 19.8 Å². The van der Waals surface area contributed by atoms with Crippen LogP contribution in [-0.4, -0.2) is 47.3 Å². The van der Waals surface area contributed by atoms with Crippen molar-refractivity contribution in [1.29, 1.82) is 0 Å². The van der Waals surface area contributed by atoms with Gasteiger partial charge >= 0.3 is 11.9 Å². The van der Waals surface area contributed by atoms with E-state index in [9.17, 15) is 19.5 Å². The molecule has 0 rings (SSSR count). The third kappa shape index (κ3) is 11.9. The van der Waals surface area contributed by atoms with Crippen molar-refractivity contribution in [2.75, 3.05) is 7.11 Å². The Morgan fingerprint density at radius 3 is 1.79 bits per heavy atom. The lowest BCUT2D eigenvalue weighted by molar-refractivity contribution is -0.144. The molecule has 0 aromatic carbocycles. The van der Waals surface area contributed by atoms with E-state index in [0.29, 0.717) is 12.8 Å². The van der Waals surface area contributed by atoms with Crippen LogP contribution in [0.25, 0.3) is 0 Å². The molecule has 2 atom stereocenters. The zero-order chi connectivity index (χ0) is 18.4. The summed E-state index contributed by atoms with van der Waals surface area (Å²) in [6.45, 7) is 1.34. The molecule has 0 unspecified atom stereocenters. The summed E-state index contributed by atoms with van der Waals surface area (Å²) >= 11 is 0. The zero-order valence-corrected chi connectivity index (χ0v) is 14.8. The molecule has 7 nitrogen and oxygen atoms in total. The van der Waals surface area contributed by atoms with E-state index in [1.54, 1.807) is 0 Å². The van der Waals surface area contributed by atoms with Crippen LogP contribution in [0.3, 0.4) is 0 Å². The molecule has 0 spiro atoms. The first kappa shape index (κ1) is 22.4. The van der Waals surface area contributed by atoms with Crippen molar-refractivity contribution in [3.63, 3.8) is 0 Å². The molecule has 24 heavy (non-hydrogen) atoms. The van der Waals surface area contributed by atoms with Gasteiger partial charge in [0.15, 0.2) is 6.04 Å². The molecule has 0 saturated carbocycles. The van der Waals surface area contributed by atoms with Crippen molar-refractivity contribution in [3.05, 3.63) is 0 Å². The summed E-state index contributed by atoms with van der Waals surface area (Å²) in [5, 5.41) is 20.5. The number of aliphatic hydroxyl groups excluding tert-OH is 1. The summed E-state index contributed by atoms with van der Waals surface area (Å²) in [6.07, 6.45) is 7.46. The minimum atomic E-state index is -1.25. The number of aliphatic hydroxyl groups is 1. The first-order valence-corrected chi connectivity index (χ1v) is 8.65. The number of hydrogen-bond acceptors (Lipinski definition) is 5. The van der Waals surface area contributed by atoms with E-state index in [1.807, 2.05) is 0 Å². The van der Waals surface area contributed by atoms with Crippen LogP contribution >= 0.6 is 0 Å². The largest absolute Gasteiger partial charge is 0.480 e. The number of carboxylic acids is 1. The lowest BCUT2D eigenvalue weighted by Gasteiger charge is -2.16. The summed E-state index contributed by atoms with van der Waals surface area (Å²) in [5.41, 5.74) is 0. The number of amides is 1. The number of aliphatic carboxylic acids is 1. The van der Waals surface area contributed by atoms with E-state index in [0.717, 1.165) is 44.9 Å². The highest BCUT2D eigenvalue weighted by atomic mass is 16.5. The van der Waals surface area contributed by atoms with Crippen LogP contribution in [0.2, 0.25) is 0 Å². The van der Waals surface area contributed by atoms with Gasteiger partial charge in [0.05, 0.1) is 13.2 Å². The first-order valence-electron chi connectivity index (χ1n) is 8.65. The Morgan fingerprint density at radius 1 is 0.917 bits per heavy atom. The van der Waals surface area contributed by atoms with Crippen LogP contribution in [0, 0.1) is 0 Å². The number of esters is 1. The quantitative estimate of drug-likeness (QED) is 0.328. The summed E-state index contributed by atoms with van der Waals surface area (Å²) in [5.74, 6) is -1.73. The fourth-order valence-electron chi connectivity index (χ4n) is 2.35. The second-order valence-corrected chi connectivity index (χ2v) is 6.03. The number of hydrogen-bond donors (Lipinski definition) is 3. The number of carbonyl (C=O) groups excluding carboxylic acids is 2. The summed E-state index contributed by atoms with van der Waals surface area (Å²) in [6, 6.07) is -1.25. The first-order chi connectivity index (χ1) is 11.4. The highest BCUT2D eigenvalue weighted by Gasteiger charge is 2.24. The van der Waals surface area contributed by atoms with Gasteiger partial charge in [-0.15, -0.1) is 0 Å². The number of nitrogens with one attached hydrogen (secondary N) is 1. The standard InChI is InChI=1S/C17H31NO6/c1-13(19)16(17(22)23)18-14(20)11-9-7-5-3-4-6-8-10-12-15(21)24-2/h13,16,19H,3-12H2,1-2H3,(H,18,20)(H,22,23)/t13-,16+/m1/s1. The van der Waals surface area contributed by atoms with Crippen molar-refractivity contribution in [2.45, 2.75) is 83.3 Å². The normalized spacial score (nSPS) is 13.1. The Kier molecular flexibility index (Phi) is 12.8. The van der Waals surface area contributed by atoms with E-state index in [2.05, 4.69) is 10.1 Å². The van der Waals surface area contributed by atoms with E-state index >= 15 is 0 Å². The predicted molar refractivity (Wildman–Crippen MR) is 89.4 cm³/mol. The highest BCUT2D eigenvalue weighted by molar-refractivity contribution is 5.83. The van der Waals surface area contributed by atoms with Crippen LogP contribution in [0.5, 0.6) is 0 Å². The SMILES string of the molecule is COC(=O)CCCCCCCCCCC(=O)N[C@H](C(=O)O)[C@@H](C)O. The van der Waals surface area contributed by atoms with E-state index in [1.165, 1.54) is 14.0 Å². The maximum atomic E-state index is 11.6. The van der Waals surface area contributed by atoms with E-state index < -0.39 is 18.1 Å². The Bertz CT molecular complexity index is 383. The molecule has 140 valence electrons. The molecule has 0 aromatic heterocycles. The number of carbonyl (C=O) groups is 3. The van der Waals surface area contributed by atoms with Gasteiger partial charge in [-0.2, -0.15) is 0 Å². The van der Waals surface area contributed by atoms with Crippen molar-refractivity contribution in [2.24, 2.45) is 0 Å². The molecular weight excluding hydrogens is 314 g/mol. The average Bonchev–Trinajstić information content (AvgIpc) is 2.53. The number of ether oxygens (including phenoxy) is 1. The van der Waals surface area contributed by atoms with Gasteiger partial charge in [-0.3, -0.25) is 9.59 Å². The van der Waals surface area contributed by atoms with E-state index in [4.69, 9.17) is 5.11 Å². The van der Waals surface area contributed by atoms with Gasteiger partial charge in [0, 0.05) is 12.8 Å². The van der Waals surface area contributed by atoms with Crippen molar-refractivity contribution in [1.82, 2.24) is 5.32 Å². The molecule has 0 fully saturated rings. The van der Waals surface area contributed by atoms with Crippen molar-refractivity contribution < 1.29 is 29.3 Å². The molecule has 0 heterocycles. The van der Waals surface area contributed by atoms with E-state index in [-0.39, 0.29) is 18.3 Å². The minimum Gasteiger partial charge on any atom is -0.480 e. The lowest BCUT2D eigenvalue weighted by atomic mass is 10.1. The molecule has 1 amide bonds. The molecular formula is C17H31NO6. The van der Waals surface area contributed by atoms with Gasteiger partial charge in [-0.1, -0.05) is 38.5 Å². The molecule has 0 radical (unpaired) electrons. The highest BCUT2D eigenvalue weighted by Crippen LogP contribution is 2.11. The van der Waals surface area contributed by atoms with Crippen LogP contribution in [0.1, 0.15) is 71.1 Å². The molecule has 0 aromatic rings. The predicted octanol–water partition coefficient (Wildman–Crippen LogP) is 2.01. The lowest BCUT2D eigenvalue weighted by Crippen LogP contribution is -2.47. The third-order valence-corrected chi connectivity index (χ3v) is 3.83. The van der Waals surface area contributed by atoms with Gasteiger partial charge < -0.3 is 20.3 Å². The van der Waals surface area contributed by atoms with Crippen LogP contribution < -0.4 is 5.32 Å². The van der Waals surface area contributed by atoms with Crippen LogP contribution in [0.15, 0.2) is 0 Å². The van der Waals surface area contributed by atoms with Gasteiger partial charge in [0.2, 0.25) is 5.91 Å². The molecule has 0 saturated heterocycles. The smallest absolute Gasteiger partial charge is 0.328 e. The van der Waals surface area contributed by atoms with Crippen molar-refractivity contribution in [3.8, 4) is 0 Å². The number of methoxy groups -OCH3 is 1. The molecule has 0 aliphatic carbocycles. The fraction of sp³-hybridized carbons (Fsp3) is 0.824. The van der Waals surface area contributed by atoms with Gasteiger partial charge in [0.1, 0.15) is 0 Å². The van der Waals surface area contributed by atoms with Crippen LogP contribution in [0.4, 0.5) is 0 Å². The Hall–Kier alpha value is -1.63. The topological polar surface area (TPSA) is 113 Å². The van der Waals surface area contributed by atoms with Gasteiger partial charge in [-0.25, -0.2) is 4.79 Å². The molecule has 0 aliphatic rings. The Balaban J connectivity index is 3.51. The maximum absolute atomic E-state index is 11.6. The molecule has 7 heteroatoms. The molecule has 0 bridgehead atoms. The molecule has 0 aliphatic heterocycles. The van der Waals surface area contributed by atoms with Crippen molar-refractivity contribution >= 4 is 17.8 Å². The minimum absolute atomic E-state index is 0.158. The average molecular weight is 345 g/mol. The van der Waals surface area contributed by atoms with Gasteiger partial charge in [0.25, 0.3) is 0 Å². The summed E-state index contributed by atoms with van der Waals surface area (Å²) in [4.78, 5) is 33.4. The monoisotopic (exact) mass is 345 g/mol. The Labute approximate surface area is 143 Å². The second-order valence-electron chi connectivity index (χ2n) is 6.03. The summed E-state index contributed by atoms with van der Waals surface area (Å²) < 4.78 is 4.57. The summed E-state index contributed by atoms with van der Waals surface area (Å²) in [7, 11) is 1.40. The van der Waals surface area contributed by atoms with Crippen LogP contribution in [-0.2, 0) is 19.1 Å². The molecule has 3 N–H and O–H groups in total. The number of carboxylic acid groups (broad SMARTS) is 1. The second kappa shape index (κ2) is 13.8. The third-order valence-electron chi connectivity index (χ3n) is 3.83. The fourth-order valence-corrected chi connectivity index (χ4v) is 2.35. The Morgan fingerprint density at radius 2 is 1.38 bits per heavy atom. The zero-order valence-electron chi connectivity index (χ0n) is 14.8. The number of unbranched alkanes of at least 4 members (excludes halogenated alkanes) is 7. The maximum Gasteiger partial charge on any atom is 0.328 e.